The second-order valence-electron chi connectivity index (χ2n) is 5.10. The van der Waals surface area contributed by atoms with Gasteiger partial charge in [0, 0.05) is 0 Å². The minimum absolute atomic E-state index is 0.0795. The first-order chi connectivity index (χ1) is 11.9. The highest BCUT2D eigenvalue weighted by Crippen LogP contribution is 2.04. The quantitative estimate of drug-likeness (QED) is 0.536. The fourth-order valence-corrected chi connectivity index (χ4v) is 2.15. The highest BCUT2D eigenvalue weighted by Gasteiger charge is 2.23. The second-order valence-corrected chi connectivity index (χ2v) is 6.09. The lowest BCUT2D eigenvalue weighted by atomic mass is 10.2. The van der Waals surface area contributed by atoms with Crippen LogP contribution in [-0.2, 0) is 25.8 Å². The summed E-state index contributed by atoms with van der Waals surface area (Å²) in [5.74, 6) is -1.24. The van der Waals surface area contributed by atoms with Crippen LogP contribution in [-0.4, -0.2) is 47.2 Å². The standard InChI is InChI=1S/C16H22N2O6S/c1-11(15(20)21)24-18-14(19)13(8-9-25-2)17-16(22)23-10-12-6-4-3-5-7-12/h3-7,11,13H,8-10H2,1-2H3,(H,17,22)(H,18,19)(H,20,21)/t11-,13-/m0/s1. The van der Waals surface area contributed by atoms with E-state index >= 15 is 0 Å². The van der Waals surface area contributed by atoms with Crippen LogP contribution in [0.5, 0.6) is 0 Å². The summed E-state index contributed by atoms with van der Waals surface area (Å²) in [6, 6.07) is 8.23. The topological polar surface area (TPSA) is 114 Å². The molecule has 0 fully saturated rings. The third-order valence-electron chi connectivity index (χ3n) is 3.12. The van der Waals surface area contributed by atoms with Crippen molar-refractivity contribution in [3.05, 3.63) is 35.9 Å². The molecule has 0 radical (unpaired) electrons. The Morgan fingerprint density at radius 2 is 1.92 bits per heavy atom. The van der Waals surface area contributed by atoms with Crippen molar-refractivity contribution in [3.63, 3.8) is 0 Å². The third-order valence-corrected chi connectivity index (χ3v) is 3.76. The maximum atomic E-state index is 12.1. The minimum Gasteiger partial charge on any atom is -0.479 e. The van der Waals surface area contributed by atoms with Gasteiger partial charge in [-0.05, 0) is 30.9 Å². The van der Waals surface area contributed by atoms with E-state index < -0.39 is 30.1 Å². The number of carboxylic acid groups (broad SMARTS) is 1. The minimum atomic E-state index is -1.21. The molecule has 2 atom stereocenters. The lowest BCUT2D eigenvalue weighted by Crippen LogP contribution is -2.48. The van der Waals surface area contributed by atoms with Gasteiger partial charge in [0.15, 0.2) is 6.10 Å². The highest BCUT2D eigenvalue weighted by molar-refractivity contribution is 7.98. The molecule has 0 saturated carbocycles. The van der Waals surface area contributed by atoms with Crippen LogP contribution in [0, 0.1) is 0 Å². The number of hydrogen-bond donors (Lipinski definition) is 3. The van der Waals surface area contributed by atoms with Crippen LogP contribution < -0.4 is 10.8 Å². The van der Waals surface area contributed by atoms with E-state index in [1.807, 2.05) is 36.6 Å². The van der Waals surface area contributed by atoms with Crippen LogP contribution in [0.3, 0.4) is 0 Å². The SMILES string of the molecule is CSCC[C@H](NC(=O)OCc1ccccc1)C(=O)NO[C@@H](C)C(=O)O. The Hall–Kier alpha value is -2.26. The van der Waals surface area contributed by atoms with Crippen LogP contribution in [0.2, 0.25) is 0 Å². The number of benzene rings is 1. The van der Waals surface area contributed by atoms with Crippen molar-refractivity contribution >= 4 is 29.7 Å². The molecule has 0 bridgehead atoms. The third kappa shape index (κ3) is 8.41. The van der Waals surface area contributed by atoms with Crippen LogP contribution in [0.15, 0.2) is 30.3 Å². The largest absolute Gasteiger partial charge is 0.479 e. The molecule has 0 aromatic heterocycles. The van der Waals surface area contributed by atoms with Crippen molar-refractivity contribution in [3.8, 4) is 0 Å². The fraction of sp³-hybridized carbons (Fsp3) is 0.438. The summed E-state index contributed by atoms with van der Waals surface area (Å²) in [7, 11) is 0. The van der Waals surface area contributed by atoms with E-state index in [0.29, 0.717) is 12.2 Å². The van der Waals surface area contributed by atoms with Crippen molar-refractivity contribution in [1.82, 2.24) is 10.8 Å². The molecule has 2 amide bonds. The Morgan fingerprint density at radius 1 is 1.24 bits per heavy atom. The molecule has 25 heavy (non-hydrogen) atoms. The molecule has 1 aromatic carbocycles. The van der Waals surface area contributed by atoms with Crippen LogP contribution >= 0.6 is 11.8 Å². The van der Waals surface area contributed by atoms with Gasteiger partial charge >= 0.3 is 12.1 Å². The Labute approximate surface area is 150 Å². The molecule has 0 saturated heterocycles. The number of carbonyl (C=O) groups is 3. The average Bonchev–Trinajstić information content (AvgIpc) is 2.61. The van der Waals surface area contributed by atoms with Gasteiger partial charge < -0.3 is 15.2 Å². The average molecular weight is 370 g/mol. The van der Waals surface area contributed by atoms with Gasteiger partial charge in [0.2, 0.25) is 0 Å². The van der Waals surface area contributed by atoms with Crippen LogP contribution in [0.25, 0.3) is 0 Å². The summed E-state index contributed by atoms with van der Waals surface area (Å²) in [4.78, 5) is 39.4. The van der Waals surface area contributed by atoms with Crippen LogP contribution in [0.4, 0.5) is 4.79 Å². The summed E-state index contributed by atoms with van der Waals surface area (Å²) in [5, 5.41) is 11.2. The van der Waals surface area contributed by atoms with Gasteiger partial charge in [0.05, 0.1) is 0 Å². The van der Waals surface area contributed by atoms with Gasteiger partial charge in [-0.1, -0.05) is 30.3 Å². The van der Waals surface area contributed by atoms with Crippen molar-refractivity contribution in [1.29, 1.82) is 0 Å². The van der Waals surface area contributed by atoms with Crippen molar-refractivity contribution in [2.24, 2.45) is 0 Å². The zero-order valence-corrected chi connectivity index (χ0v) is 14.9. The normalized spacial score (nSPS) is 12.7. The molecule has 0 aliphatic rings. The number of amides is 2. The molecule has 0 spiro atoms. The van der Waals surface area contributed by atoms with Gasteiger partial charge in [-0.25, -0.2) is 15.1 Å². The summed E-state index contributed by atoms with van der Waals surface area (Å²) in [6.07, 6.45) is 0.274. The number of nitrogens with one attached hydrogen (secondary N) is 2. The van der Waals surface area contributed by atoms with E-state index in [9.17, 15) is 14.4 Å². The highest BCUT2D eigenvalue weighted by atomic mass is 32.2. The Balaban J connectivity index is 2.51. The van der Waals surface area contributed by atoms with Gasteiger partial charge in [-0.2, -0.15) is 11.8 Å². The fourth-order valence-electron chi connectivity index (χ4n) is 1.68. The number of rotatable bonds is 10. The summed E-state index contributed by atoms with van der Waals surface area (Å²) in [5.41, 5.74) is 2.87. The number of carbonyl (C=O) groups excluding carboxylic acids is 2. The lowest BCUT2D eigenvalue weighted by Gasteiger charge is -2.18. The predicted octanol–water partition coefficient (Wildman–Crippen LogP) is 1.56. The molecule has 8 nitrogen and oxygen atoms in total. The van der Waals surface area contributed by atoms with Gasteiger partial charge in [0.1, 0.15) is 12.6 Å². The van der Waals surface area contributed by atoms with Crippen molar-refractivity contribution in [2.45, 2.75) is 32.1 Å². The smallest absolute Gasteiger partial charge is 0.408 e. The molecule has 1 aromatic rings. The van der Waals surface area contributed by atoms with Gasteiger partial charge in [-0.3, -0.25) is 9.63 Å². The summed E-state index contributed by atoms with van der Waals surface area (Å²) >= 11 is 1.51. The molecule has 0 aliphatic carbocycles. The van der Waals surface area contributed by atoms with E-state index in [1.54, 1.807) is 0 Å². The number of alkyl carbamates (subject to hydrolysis) is 1. The Bertz CT molecular complexity index is 569. The van der Waals surface area contributed by atoms with Gasteiger partial charge in [0.25, 0.3) is 5.91 Å². The maximum Gasteiger partial charge on any atom is 0.408 e. The Morgan fingerprint density at radius 3 is 2.52 bits per heavy atom. The number of thioether (sulfide) groups is 1. The molecule has 0 unspecified atom stereocenters. The Kier molecular flexibility index (Phi) is 9.41. The zero-order chi connectivity index (χ0) is 18.7. The number of ether oxygens (including phenoxy) is 1. The lowest BCUT2D eigenvalue weighted by molar-refractivity contribution is -0.159. The van der Waals surface area contributed by atoms with E-state index in [4.69, 9.17) is 14.7 Å². The summed E-state index contributed by atoms with van der Waals surface area (Å²) in [6.45, 7) is 1.36. The second kappa shape index (κ2) is 11.3. The molecule has 0 aliphatic heterocycles. The first-order valence-electron chi connectivity index (χ1n) is 7.58. The summed E-state index contributed by atoms with van der Waals surface area (Å²) < 4.78 is 5.08. The van der Waals surface area contributed by atoms with Crippen molar-refractivity contribution < 1.29 is 29.1 Å². The number of hydroxylamine groups is 1. The van der Waals surface area contributed by atoms with Crippen molar-refractivity contribution in [2.75, 3.05) is 12.0 Å². The van der Waals surface area contributed by atoms with Crippen LogP contribution in [0.1, 0.15) is 18.9 Å². The maximum absolute atomic E-state index is 12.1. The molecule has 3 N–H and O–H groups in total. The van der Waals surface area contributed by atoms with E-state index in [2.05, 4.69) is 10.8 Å². The molecule has 1 rings (SSSR count). The van der Waals surface area contributed by atoms with Gasteiger partial charge in [-0.15, -0.1) is 0 Å². The molecular formula is C16H22N2O6S. The predicted molar refractivity (Wildman–Crippen MR) is 92.9 cm³/mol. The monoisotopic (exact) mass is 370 g/mol. The van der Waals surface area contributed by atoms with E-state index in [-0.39, 0.29) is 6.61 Å². The number of aliphatic carboxylic acids is 1. The zero-order valence-electron chi connectivity index (χ0n) is 14.1. The first-order valence-corrected chi connectivity index (χ1v) is 8.98. The molecule has 0 heterocycles. The number of hydrogen-bond acceptors (Lipinski definition) is 6. The first kappa shape index (κ1) is 20.8. The molecular weight excluding hydrogens is 348 g/mol. The molecule has 138 valence electrons. The molecule has 9 heteroatoms. The van der Waals surface area contributed by atoms with E-state index in [1.165, 1.54) is 18.7 Å². The number of carboxylic acids is 1. The van der Waals surface area contributed by atoms with E-state index in [0.717, 1.165) is 5.56 Å².